The summed E-state index contributed by atoms with van der Waals surface area (Å²) in [5, 5.41) is 28.6. The molecule has 0 bridgehead atoms. The van der Waals surface area contributed by atoms with Crippen LogP contribution in [0.1, 0.15) is 41.7 Å². The molecule has 0 radical (unpaired) electrons. The molecule has 0 unspecified atom stereocenters. The van der Waals surface area contributed by atoms with E-state index in [1.165, 1.54) is 0 Å². The van der Waals surface area contributed by atoms with E-state index in [9.17, 15) is 9.90 Å². The van der Waals surface area contributed by atoms with Crippen molar-refractivity contribution in [1.82, 2.24) is 30.3 Å². The van der Waals surface area contributed by atoms with Crippen molar-refractivity contribution in [2.45, 2.75) is 50.8 Å². The molecule has 6 rings (SSSR count). The van der Waals surface area contributed by atoms with Gasteiger partial charge in [-0.1, -0.05) is 18.2 Å². The van der Waals surface area contributed by atoms with Crippen LogP contribution >= 0.6 is 0 Å². The third kappa shape index (κ3) is 4.35. The number of hydrogen-bond acceptors (Lipinski definition) is 5. The summed E-state index contributed by atoms with van der Waals surface area (Å²) < 4.78 is 1.82. The summed E-state index contributed by atoms with van der Waals surface area (Å²) in [6.45, 7) is 2.35. The van der Waals surface area contributed by atoms with Gasteiger partial charge in [0.25, 0.3) is 5.91 Å². The fraction of sp³-hybridized carbons (Fsp3) is 0.286. The van der Waals surface area contributed by atoms with Crippen LogP contribution in [0.15, 0.2) is 67.0 Å². The summed E-state index contributed by atoms with van der Waals surface area (Å²) in [7, 11) is 0. The number of hydrogen-bond donors (Lipinski definition) is 3. The molecule has 3 aromatic heterocycles. The Kier molecular flexibility index (Phi) is 5.53. The number of rotatable bonds is 5. The molecule has 1 fully saturated rings. The standard InChI is InChI=1S/C28H28N6O2/c1-18-13-19(10-12-29-18)26-23-14-20(8-9-25(23)31-32-26)27(35)30-22-6-4-11-28(36,15-22)17-34-16-21-5-2-3-7-24(21)33-34/h2-3,5,7-10,12-14,16,22,36H,4,6,11,15,17H2,1H3,(H,30,35)(H,31,32)/t22-,28-/m1/s1. The Morgan fingerprint density at radius 3 is 2.97 bits per heavy atom. The number of aliphatic hydroxyl groups is 1. The van der Waals surface area contributed by atoms with E-state index >= 15 is 0 Å². The summed E-state index contributed by atoms with van der Waals surface area (Å²) in [5.41, 5.74) is 4.10. The second kappa shape index (κ2) is 8.87. The number of nitrogens with one attached hydrogen (secondary N) is 2. The van der Waals surface area contributed by atoms with Crippen LogP contribution < -0.4 is 5.32 Å². The predicted molar refractivity (Wildman–Crippen MR) is 138 cm³/mol. The molecule has 36 heavy (non-hydrogen) atoms. The molecule has 8 heteroatoms. The third-order valence-corrected chi connectivity index (χ3v) is 7.07. The molecule has 1 aliphatic rings. The summed E-state index contributed by atoms with van der Waals surface area (Å²) in [6, 6.07) is 17.3. The highest BCUT2D eigenvalue weighted by Crippen LogP contribution is 2.31. The zero-order valence-corrected chi connectivity index (χ0v) is 20.1. The van der Waals surface area contributed by atoms with Gasteiger partial charge in [-0.05, 0) is 69.0 Å². The lowest BCUT2D eigenvalue weighted by Gasteiger charge is -2.37. The molecular formula is C28H28N6O2. The molecule has 5 aromatic rings. The van der Waals surface area contributed by atoms with Crippen LogP contribution in [0.25, 0.3) is 33.1 Å². The third-order valence-electron chi connectivity index (χ3n) is 7.07. The van der Waals surface area contributed by atoms with Gasteiger partial charge in [-0.3, -0.25) is 19.6 Å². The Labute approximate surface area is 208 Å². The normalized spacial score (nSPS) is 20.1. The van der Waals surface area contributed by atoms with E-state index in [-0.39, 0.29) is 11.9 Å². The van der Waals surface area contributed by atoms with Crippen LogP contribution in [0.5, 0.6) is 0 Å². The lowest BCUT2D eigenvalue weighted by molar-refractivity contribution is -0.0235. The molecule has 8 nitrogen and oxygen atoms in total. The van der Waals surface area contributed by atoms with E-state index in [4.69, 9.17) is 0 Å². The predicted octanol–water partition coefficient (Wildman–Crippen LogP) is 4.39. The SMILES string of the molecule is Cc1cc(-c2n[nH]c3ccc(C(=O)N[C@@H]4CCC[C@](O)(Cn5cc6ccccc6n5)C4)cc23)ccn1. The van der Waals surface area contributed by atoms with E-state index in [2.05, 4.69) is 25.6 Å². The number of benzene rings is 2. The number of aromatic amines is 1. The maximum Gasteiger partial charge on any atom is 0.251 e. The van der Waals surface area contributed by atoms with E-state index in [0.717, 1.165) is 51.6 Å². The number of amides is 1. The van der Waals surface area contributed by atoms with Crippen LogP contribution in [-0.2, 0) is 6.54 Å². The Morgan fingerprint density at radius 2 is 2.11 bits per heavy atom. The van der Waals surface area contributed by atoms with Crippen LogP contribution in [0.3, 0.4) is 0 Å². The van der Waals surface area contributed by atoms with Gasteiger partial charge in [-0.25, -0.2) is 0 Å². The van der Waals surface area contributed by atoms with Gasteiger partial charge in [0, 0.05) is 46.0 Å². The van der Waals surface area contributed by atoms with Crippen molar-refractivity contribution >= 4 is 27.7 Å². The fourth-order valence-corrected chi connectivity index (χ4v) is 5.34. The smallest absolute Gasteiger partial charge is 0.251 e. The Hall–Kier alpha value is -4.04. The summed E-state index contributed by atoms with van der Waals surface area (Å²) in [6.07, 6.45) is 6.59. The maximum absolute atomic E-state index is 13.2. The number of nitrogens with zero attached hydrogens (tertiary/aromatic N) is 4. The van der Waals surface area contributed by atoms with E-state index < -0.39 is 5.60 Å². The minimum atomic E-state index is -0.918. The highest BCUT2D eigenvalue weighted by atomic mass is 16.3. The van der Waals surface area contributed by atoms with Gasteiger partial charge in [-0.2, -0.15) is 10.2 Å². The molecule has 0 aliphatic heterocycles. The number of aryl methyl sites for hydroxylation is 1. The Morgan fingerprint density at radius 1 is 1.22 bits per heavy atom. The zero-order chi connectivity index (χ0) is 24.7. The van der Waals surface area contributed by atoms with E-state index in [1.807, 2.05) is 72.4 Å². The molecule has 2 aromatic carbocycles. The molecule has 1 aliphatic carbocycles. The topological polar surface area (TPSA) is 109 Å². The van der Waals surface area contributed by atoms with Gasteiger partial charge in [0.1, 0.15) is 5.69 Å². The molecule has 1 amide bonds. The van der Waals surface area contributed by atoms with Crippen molar-refractivity contribution in [3.8, 4) is 11.3 Å². The Bertz CT molecular complexity index is 1540. The van der Waals surface area contributed by atoms with Gasteiger partial charge in [0.15, 0.2) is 0 Å². The number of fused-ring (bicyclic) bond motifs is 2. The van der Waals surface area contributed by atoms with E-state index in [0.29, 0.717) is 24.9 Å². The molecule has 2 atom stereocenters. The maximum atomic E-state index is 13.2. The van der Waals surface area contributed by atoms with Crippen LogP contribution in [0.4, 0.5) is 0 Å². The van der Waals surface area contributed by atoms with Crippen molar-refractivity contribution in [3.05, 3.63) is 78.2 Å². The largest absolute Gasteiger partial charge is 0.388 e. The van der Waals surface area contributed by atoms with Gasteiger partial charge in [-0.15, -0.1) is 0 Å². The molecule has 182 valence electrons. The van der Waals surface area contributed by atoms with Gasteiger partial charge in [0.2, 0.25) is 0 Å². The second-order valence-electron chi connectivity index (χ2n) is 9.90. The minimum absolute atomic E-state index is 0.108. The summed E-state index contributed by atoms with van der Waals surface area (Å²) in [5.74, 6) is -0.144. The average molecular weight is 481 g/mol. The average Bonchev–Trinajstić information content (AvgIpc) is 3.46. The quantitative estimate of drug-likeness (QED) is 0.346. The van der Waals surface area contributed by atoms with Crippen LogP contribution in [0.2, 0.25) is 0 Å². The summed E-state index contributed by atoms with van der Waals surface area (Å²) in [4.78, 5) is 17.5. The fourth-order valence-electron chi connectivity index (χ4n) is 5.34. The number of carbonyl (C=O) groups is 1. The van der Waals surface area contributed by atoms with Gasteiger partial charge >= 0.3 is 0 Å². The zero-order valence-electron chi connectivity index (χ0n) is 20.1. The van der Waals surface area contributed by atoms with Crippen LogP contribution in [-0.4, -0.2) is 47.6 Å². The molecule has 0 spiro atoms. The molecular weight excluding hydrogens is 452 g/mol. The highest BCUT2D eigenvalue weighted by Gasteiger charge is 2.36. The van der Waals surface area contributed by atoms with Crippen molar-refractivity contribution < 1.29 is 9.90 Å². The number of aromatic nitrogens is 5. The van der Waals surface area contributed by atoms with Crippen molar-refractivity contribution in [3.63, 3.8) is 0 Å². The van der Waals surface area contributed by atoms with Crippen molar-refractivity contribution in [2.75, 3.05) is 0 Å². The highest BCUT2D eigenvalue weighted by molar-refractivity contribution is 6.01. The number of carbonyl (C=O) groups excluding carboxylic acids is 1. The first-order valence-corrected chi connectivity index (χ1v) is 12.3. The minimum Gasteiger partial charge on any atom is -0.388 e. The van der Waals surface area contributed by atoms with Crippen molar-refractivity contribution in [1.29, 1.82) is 0 Å². The van der Waals surface area contributed by atoms with Gasteiger partial charge in [0.05, 0.1) is 23.2 Å². The molecule has 1 saturated carbocycles. The van der Waals surface area contributed by atoms with E-state index in [1.54, 1.807) is 6.20 Å². The van der Waals surface area contributed by atoms with Crippen molar-refractivity contribution in [2.24, 2.45) is 0 Å². The lowest BCUT2D eigenvalue weighted by Crippen LogP contribution is -2.47. The number of H-pyrrole nitrogens is 1. The van der Waals surface area contributed by atoms with Crippen LogP contribution in [0, 0.1) is 6.92 Å². The molecule has 0 saturated heterocycles. The Balaban J connectivity index is 1.18. The number of pyridine rings is 1. The molecule has 3 N–H and O–H groups in total. The first-order valence-electron chi connectivity index (χ1n) is 12.3. The summed E-state index contributed by atoms with van der Waals surface area (Å²) >= 11 is 0. The first kappa shape index (κ1) is 22.4. The first-order chi connectivity index (χ1) is 17.5. The lowest BCUT2D eigenvalue weighted by atomic mass is 9.81. The second-order valence-corrected chi connectivity index (χ2v) is 9.90. The van der Waals surface area contributed by atoms with Gasteiger partial charge < -0.3 is 10.4 Å². The monoisotopic (exact) mass is 480 g/mol. The molecule has 3 heterocycles.